The summed E-state index contributed by atoms with van der Waals surface area (Å²) in [6.07, 6.45) is 2.36. The fourth-order valence-electron chi connectivity index (χ4n) is 2.21. The van der Waals surface area contributed by atoms with E-state index < -0.39 is 0 Å². The summed E-state index contributed by atoms with van der Waals surface area (Å²) < 4.78 is 5.33. The Morgan fingerprint density at radius 3 is 3.00 bits per heavy atom. The molecule has 0 radical (unpaired) electrons. The maximum atomic E-state index is 12.1. The molecule has 0 aliphatic carbocycles. The van der Waals surface area contributed by atoms with Crippen LogP contribution in [0.2, 0.25) is 0 Å². The van der Waals surface area contributed by atoms with Crippen molar-refractivity contribution in [1.82, 2.24) is 9.80 Å². The number of nitrogens with zero attached hydrogens (tertiary/aromatic N) is 2. The Kier molecular flexibility index (Phi) is 3.81. The lowest BCUT2D eigenvalue weighted by molar-refractivity contribution is -0.140. The van der Waals surface area contributed by atoms with Crippen LogP contribution in [-0.2, 0) is 11.3 Å². The number of piperazine rings is 1. The number of likely N-dealkylation sites (N-methyl/N-ethyl adjacent to an activating group) is 1. The van der Waals surface area contributed by atoms with Crippen LogP contribution in [-0.4, -0.2) is 48.4 Å². The maximum Gasteiger partial charge on any atom is 0.239 e. The number of carbonyl (C=O) groups is 1. The predicted molar refractivity (Wildman–Crippen MR) is 64.2 cm³/mol. The zero-order valence-corrected chi connectivity index (χ0v) is 10.1. The second-order valence-electron chi connectivity index (χ2n) is 4.40. The van der Waals surface area contributed by atoms with Gasteiger partial charge in [0.05, 0.1) is 18.8 Å². The van der Waals surface area contributed by atoms with Gasteiger partial charge >= 0.3 is 0 Å². The van der Waals surface area contributed by atoms with Gasteiger partial charge in [-0.1, -0.05) is 0 Å². The van der Waals surface area contributed by atoms with Crippen molar-refractivity contribution in [1.29, 1.82) is 0 Å². The van der Waals surface area contributed by atoms with E-state index in [2.05, 4.69) is 4.90 Å². The van der Waals surface area contributed by atoms with Crippen molar-refractivity contribution in [2.45, 2.75) is 19.0 Å². The fourth-order valence-corrected chi connectivity index (χ4v) is 2.21. The quantitative estimate of drug-likeness (QED) is 0.816. The number of amides is 1. The Morgan fingerprint density at radius 1 is 1.53 bits per heavy atom. The minimum absolute atomic E-state index is 0.108. The molecule has 0 spiro atoms. The summed E-state index contributed by atoms with van der Waals surface area (Å²) in [5.41, 5.74) is 5.58. The number of nitrogens with two attached hydrogens (primary N) is 1. The summed E-state index contributed by atoms with van der Waals surface area (Å²) in [7, 11) is 1.84. The van der Waals surface area contributed by atoms with E-state index in [1.807, 2.05) is 19.2 Å². The topological polar surface area (TPSA) is 62.7 Å². The summed E-state index contributed by atoms with van der Waals surface area (Å²) >= 11 is 0. The molecular weight excluding hydrogens is 218 g/mol. The first-order valence-electron chi connectivity index (χ1n) is 5.94. The minimum Gasteiger partial charge on any atom is -0.468 e. The van der Waals surface area contributed by atoms with E-state index in [1.165, 1.54) is 0 Å². The number of furan rings is 1. The molecule has 1 saturated heterocycles. The molecule has 0 saturated carbocycles. The van der Waals surface area contributed by atoms with Crippen LogP contribution in [0.4, 0.5) is 0 Å². The van der Waals surface area contributed by atoms with E-state index >= 15 is 0 Å². The average molecular weight is 237 g/mol. The lowest BCUT2D eigenvalue weighted by Crippen LogP contribution is -2.55. The lowest BCUT2D eigenvalue weighted by Gasteiger charge is -2.38. The first kappa shape index (κ1) is 12.1. The lowest BCUT2D eigenvalue weighted by atomic mass is 10.1. The molecule has 5 heteroatoms. The van der Waals surface area contributed by atoms with Gasteiger partial charge in [0, 0.05) is 20.1 Å². The van der Waals surface area contributed by atoms with Gasteiger partial charge in [-0.05, 0) is 25.1 Å². The van der Waals surface area contributed by atoms with Crippen molar-refractivity contribution in [2.24, 2.45) is 5.73 Å². The van der Waals surface area contributed by atoms with Crippen molar-refractivity contribution in [3.63, 3.8) is 0 Å². The predicted octanol–water partition coefficient (Wildman–Crippen LogP) is 0.271. The van der Waals surface area contributed by atoms with Gasteiger partial charge in [0.1, 0.15) is 5.76 Å². The van der Waals surface area contributed by atoms with Crippen LogP contribution in [0.25, 0.3) is 0 Å². The first-order valence-corrected chi connectivity index (χ1v) is 5.94. The molecular formula is C12H19N3O2. The molecule has 1 fully saturated rings. The van der Waals surface area contributed by atoms with Gasteiger partial charge in [0.2, 0.25) is 5.91 Å². The van der Waals surface area contributed by atoms with Gasteiger partial charge in [-0.2, -0.15) is 0 Å². The molecule has 5 nitrogen and oxygen atoms in total. The summed E-state index contributed by atoms with van der Waals surface area (Å²) in [6, 6.07) is 3.69. The second kappa shape index (κ2) is 5.33. The smallest absolute Gasteiger partial charge is 0.239 e. The SMILES string of the molecule is CN1CCN(Cc2ccco2)C(CCN)C1=O. The van der Waals surface area contributed by atoms with E-state index in [9.17, 15) is 4.79 Å². The molecule has 1 amide bonds. The molecule has 1 aromatic heterocycles. The van der Waals surface area contributed by atoms with Crippen LogP contribution in [0.5, 0.6) is 0 Å². The van der Waals surface area contributed by atoms with Crippen molar-refractivity contribution >= 4 is 5.91 Å². The second-order valence-corrected chi connectivity index (χ2v) is 4.40. The molecule has 1 aliphatic rings. The molecule has 0 bridgehead atoms. The molecule has 17 heavy (non-hydrogen) atoms. The molecule has 2 rings (SSSR count). The van der Waals surface area contributed by atoms with Gasteiger partial charge < -0.3 is 15.1 Å². The minimum atomic E-state index is -0.108. The highest BCUT2D eigenvalue weighted by Crippen LogP contribution is 2.16. The van der Waals surface area contributed by atoms with Crippen molar-refractivity contribution in [3.05, 3.63) is 24.2 Å². The molecule has 2 N–H and O–H groups in total. The highest BCUT2D eigenvalue weighted by Gasteiger charge is 2.32. The van der Waals surface area contributed by atoms with E-state index in [1.54, 1.807) is 11.2 Å². The highest BCUT2D eigenvalue weighted by molar-refractivity contribution is 5.82. The van der Waals surface area contributed by atoms with Gasteiger partial charge in [-0.15, -0.1) is 0 Å². The van der Waals surface area contributed by atoms with Crippen LogP contribution in [0.1, 0.15) is 12.2 Å². The summed E-state index contributed by atoms with van der Waals surface area (Å²) in [6.45, 7) is 2.84. The normalized spacial score (nSPS) is 22.1. The number of hydrogen-bond donors (Lipinski definition) is 1. The van der Waals surface area contributed by atoms with Crippen molar-refractivity contribution in [2.75, 3.05) is 26.7 Å². The summed E-state index contributed by atoms with van der Waals surface area (Å²) in [5, 5.41) is 0. The molecule has 0 aromatic carbocycles. The fraction of sp³-hybridized carbons (Fsp3) is 0.583. The molecule has 2 heterocycles. The number of carbonyl (C=O) groups excluding carboxylic acids is 1. The molecule has 1 aliphatic heterocycles. The van der Waals surface area contributed by atoms with Gasteiger partial charge in [0.15, 0.2) is 0 Å². The first-order chi connectivity index (χ1) is 8.22. The Morgan fingerprint density at radius 2 is 2.35 bits per heavy atom. The third kappa shape index (κ3) is 2.68. The van der Waals surface area contributed by atoms with Crippen molar-refractivity contribution < 1.29 is 9.21 Å². The third-order valence-corrected chi connectivity index (χ3v) is 3.20. The average Bonchev–Trinajstić information content (AvgIpc) is 2.81. The number of rotatable bonds is 4. The standard InChI is InChI=1S/C12H19N3O2/c1-14-6-7-15(9-10-3-2-8-17-10)11(4-5-13)12(14)16/h2-3,8,11H,4-7,9,13H2,1H3. The Balaban J connectivity index is 2.06. The van der Waals surface area contributed by atoms with Crippen LogP contribution < -0.4 is 5.73 Å². The van der Waals surface area contributed by atoms with E-state index in [0.717, 1.165) is 18.8 Å². The third-order valence-electron chi connectivity index (χ3n) is 3.20. The van der Waals surface area contributed by atoms with Crippen LogP contribution in [0.15, 0.2) is 22.8 Å². The van der Waals surface area contributed by atoms with Crippen molar-refractivity contribution in [3.8, 4) is 0 Å². The Bertz CT molecular complexity index is 364. The van der Waals surface area contributed by atoms with Gasteiger partial charge in [0.25, 0.3) is 0 Å². The maximum absolute atomic E-state index is 12.1. The largest absolute Gasteiger partial charge is 0.468 e. The zero-order valence-electron chi connectivity index (χ0n) is 10.1. The highest BCUT2D eigenvalue weighted by atomic mass is 16.3. The van der Waals surface area contributed by atoms with Gasteiger partial charge in [-0.25, -0.2) is 0 Å². The monoisotopic (exact) mass is 237 g/mol. The van der Waals surface area contributed by atoms with Crippen LogP contribution >= 0.6 is 0 Å². The Hall–Kier alpha value is -1.33. The molecule has 1 unspecified atom stereocenters. The molecule has 1 aromatic rings. The van der Waals surface area contributed by atoms with Crippen LogP contribution in [0.3, 0.4) is 0 Å². The molecule has 1 atom stereocenters. The van der Waals surface area contributed by atoms with Gasteiger partial charge in [-0.3, -0.25) is 9.69 Å². The summed E-state index contributed by atoms with van der Waals surface area (Å²) in [4.78, 5) is 16.0. The zero-order chi connectivity index (χ0) is 12.3. The molecule has 94 valence electrons. The van der Waals surface area contributed by atoms with E-state index in [-0.39, 0.29) is 11.9 Å². The Labute approximate surface area is 101 Å². The van der Waals surface area contributed by atoms with Crippen LogP contribution in [0, 0.1) is 0 Å². The van der Waals surface area contributed by atoms with E-state index in [0.29, 0.717) is 19.5 Å². The summed E-state index contributed by atoms with van der Waals surface area (Å²) in [5.74, 6) is 1.05. The van der Waals surface area contributed by atoms with E-state index in [4.69, 9.17) is 10.2 Å². The number of hydrogen-bond acceptors (Lipinski definition) is 4.